The minimum atomic E-state index is -0.178. The van der Waals surface area contributed by atoms with E-state index in [-0.39, 0.29) is 11.9 Å². The number of aryl methyl sites for hydroxylation is 2. The van der Waals surface area contributed by atoms with Crippen LogP contribution < -0.4 is 5.32 Å². The lowest BCUT2D eigenvalue weighted by molar-refractivity contribution is 0.573. The molecule has 0 saturated carbocycles. The van der Waals surface area contributed by atoms with Gasteiger partial charge >= 0.3 is 0 Å². The monoisotopic (exact) mass is 261 g/mol. The first-order chi connectivity index (χ1) is 9.15. The molecular formula is C15H20FN3. The zero-order valence-electron chi connectivity index (χ0n) is 11.7. The van der Waals surface area contributed by atoms with Gasteiger partial charge in [-0.05, 0) is 32.0 Å². The van der Waals surface area contributed by atoms with Gasteiger partial charge in [0.15, 0.2) is 0 Å². The summed E-state index contributed by atoms with van der Waals surface area (Å²) in [6.07, 6.45) is 4.81. The van der Waals surface area contributed by atoms with Crippen LogP contribution in [0.1, 0.15) is 36.1 Å². The van der Waals surface area contributed by atoms with Crippen molar-refractivity contribution in [1.82, 2.24) is 15.1 Å². The lowest BCUT2D eigenvalue weighted by atomic mass is 10.00. The van der Waals surface area contributed by atoms with Gasteiger partial charge in [0, 0.05) is 23.9 Å². The summed E-state index contributed by atoms with van der Waals surface area (Å²) in [5, 5.41) is 7.46. The third kappa shape index (κ3) is 3.01. The summed E-state index contributed by atoms with van der Waals surface area (Å²) < 4.78 is 16.0. The van der Waals surface area contributed by atoms with E-state index >= 15 is 0 Å². The van der Waals surface area contributed by atoms with Crippen LogP contribution >= 0.6 is 0 Å². The summed E-state index contributed by atoms with van der Waals surface area (Å²) in [6.45, 7) is 4.88. The first-order valence-corrected chi connectivity index (χ1v) is 6.61. The SMILES string of the molecule is CCCn1cc(C(NC)c2ccc(C)cc2F)cn1. The number of rotatable bonds is 5. The van der Waals surface area contributed by atoms with Crippen molar-refractivity contribution < 1.29 is 4.39 Å². The van der Waals surface area contributed by atoms with Crippen molar-refractivity contribution in [3.63, 3.8) is 0 Å². The molecule has 1 N–H and O–H groups in total. The Balaban J connectivity index is 2.32. The van der Waals surface area contributed by atoms with Crippen molar-refractivity contribution in [1.29, 1.82) is 0 Å². The van der Waals surface area contributed by atoms with Crippen LogP contribution in [0, 0.1) is 12.7 Å². The predicted octanol–water partition coefficient (Wildman–Crippen LogP) is 3.05. The van der Waals surface area contributed by atoms with E-state index in [0.29, 0.717) is 5.56 Å². The van der Waals surface area contributed by atoms with Gasteiger partial charge < -0.3 is 5.32 Å². The van der Waals surface area contributed by atoms with Crippen LogP contribution in [0.4, 0.5) is 4.39 Å². The van der Waals surface area contributed by atoms with E-state index in [4.69, 9.17) is 0 Å². The summed E-state index contributed by atoms with van der Waals surface area (Å²) in [5.41, 5.74) is 2.57. The summed E-state index contributed by atoms with van der Waals surface area (Å²) in [5.74, 6) is -0.178. The molecule has 2 aromatic rings. The number of aromatic nitrogens is 2. The van der Waals surface area contributed by atoms with Crippen LogP contribution in [0.3, 0.4) is 0 Å². The highest BCUT2D eigenvalue weighted by molar-refractivity contribution is 5.32. The number of nitrogens with one attached hydrogen (secondary N) is 1. The third-order valence-corrected chi connectivity index (χ3v) is 3.19. The second-order valence-electron chi connectivity index (χ2n) is 4.78. The first kappa shape index (κ1) is 13.7. The Labute approximate surface area is 113 Å². The molecule has 102 valence electrons. The fourth-order valence-electron chi connectivity index (χ4n) is 2.25. The molecule has 19 heavy (non-hydrogen) atoms. The van der Waals surface area contributed by atoms with Crippen molar-refractivity contribution in [2.24, 2.45) is 0 Å². The van der Waals surface area contributed by atoms with Gasteiger partial charge in [0.25, 0.3) is 0 Å². The second kappa shape index (κ2) is 5.97. The highest BCUT2D eigenvalue weighted by Gasteiger charge is 2.17. The fraction of sp³-hybridized carbons (Fsp3) is 0.400. The number of benzene rings is 1. The maximum atomic E-state index is 14.1. The molecule has 0 spiro atoms. The smallest absolute Gasteiger partial charge is 0.128 e. The number of halogens is 1. The van der Waals surface area contributed by atoms with E-state index in [1.807, 2.05) is 37.0 Å². The summed E-state index contributed by atoms with van der Waals surface area (Å²) in [7, 11) is 1.83. The average Bonchev–Trinajstić information content (AvgIpc) is 2.82. The minimum absolute atomic E-state index is 0.161. The lowest BCUT2D eigenvalue weighted by Gasteiger charge is -2.16. The maximum absolute atomic E-state index is 14.1. The number of hydrogen-bond acceptors (Lipinski definition) is 2. The second-order valence-corrected chi connectivity index (χ2v) is 4.78. The van der Waals surface area contributed by atoms with E-state index in [0.717, 1.165) is 24.1 Å². The van der Waals surface area contributed by atoms with Crippen molar-refractivity contribution in [3.8, 4) is 0 Å². The van der Waals surface area contributed by atoms with Gasteiger partial charge in [-0.1, -0.05) is 19.1 Å². The molecule has 0 saturated heterocycles. The molecule has 0 fully saturated rings. The lowest BCUT2D eigenvalue weighted by Crippen LogP contribution is -2.18. The molecule has 1 unspecified atom stereocenters. The normalized spacial score (nSPS) is 12.6. The van der Waals surface area contributed by atoms with E-state index in [1.54, 1.807) is 12.3 Å². The van der Waals surface area contributed by atoms with Gasteiger partial charge in [0.1, 0.15) is 5.82 Å². The maximum Gasteiger partial charge on any atom is 0.128 e. The molecule has 2 rings (SSSR count). The summed E-state index contributed by atoms with van der Waals surface area (Å²) in [6, 6.07) is 5.17. The molecule has 1 aromatic heterocycles. The van der Waals surface area contributed by atoms with Gasteiger partial charge in [-0.2, -0.15) is 5.10 Å². The zero-order chi connectivity index (χ0) is 13.8. The molecule has 0 amide bonds. The van der Waals surface area contributed by atoms with Crippen LogP contribution in [-0.4, -0.2) is 16.8 Å². The highest BCUT2D eigenvalue weighted by atomic mass is 19.1. The largest absolute Gasteiger partial charge is 0.309 e. The Kier molecular flexibility index (Phi) is 4.32. The zero-order valence-corrected chi connectivity index (χ0v) is 11.7. The van der Waals surface area contributed by atoms with Crippen molar-refractivity contribution in [2.75, 3.05) is 7.05 Å². The van der Waals surface area contributed by atoms with Gasteiger partial charge in [0.2, 0.25) is 0 Å². The van der Waals surface area contributed by atoms with Crippen LogP contribution in [0.5, 0.6) is 0 Å². The van der Waals surface area contributed by atoms with Crippen molar-refractivity contribution in [2.45, 2.75) is 32.9 Å². The van der Waals surface area contributed by atoms with Crippen LogP contribution in [0.25, 0.3) is 0 Å². The molecule has 0 aliphatic rings. The molecular weight excluding hydrogens is 241 g/mol. The number of nitrogens with zero attached hydrogens (tertiary/aromatic N) is 2. The Morgan fingerprint density at radius 3 is 2.84 bits per heavy atom. The molecule has 4 heteroatoms. The Morgan fingerprint density at radius 1 is 1.42 bits per heavy atom. The molecule has 0 bridgehead atoms. The Bertz CT molecular complexity index is 548. The Hall–Kier alpha value is -1.68. The average molecular weight is 261 g/mol. The molecule has 1 atom stereocenters. The van der Waals surface area contributed by atoms with Crippen LogP contribution in [-0.2, 0) is 6.54 Å². The van der Waals surface area contributed by atoms with Gasteiger partial charge in [0.05, 0.1) is 12.2 Å². The van der Waals surface area contributed by atoms with Gasteiger partial charge in [-0.3, -0.25) is 4.68 Å². The van der Waals surface area contributed by atoms with Crippen molar-refractivity contribution >= 4 is 0 Å². The summed E-state index contributed by atoms with van der Waals surface area (Å²) in [4.78, 5) is 0. The minimum Gasteiger partial charge on any atom is -0.309 e. The molecule has 0 aliphatic carbocycles. The molecule has 1 aromatic carbocycles. The van der Waals surface area contributed by atoms with E-state index < -0.39 is 0 Å². The molecule has 0 aliphatic heterocycles. The fourth-order valence-corrected chi connectivity index (χ4v) is 2.25. The van der Waals surface area contributed by atoms with Crippen LogP contribution in [0.15, 0.2) is 30.6 Å². The standard InChI is InChI=1S/C15H20FN3/c1-4-7-19-10-12(9-18-19)15(17-3)13-6-5-11(2)8-14(13)16/h5-6,8-10,15,17H,4,7H2,1-3H3. The van der Waals surface area contributed by atoms with Crippen LogP contribution in [0.2, 0.25) is 0 Å². The van der Waals surface area contributed by atoms with Gasteiger partial charge in [-0.15, -0.1) is 0 Å². The molecule has 1 heterocycles. The quantitative estimate of drug-likeness (QED) is 0.896. The van der Waals surface area contributed by atoms with Gasteiger partial charge in [-0.25, -0.2) is 4.39 Å². The Morgan fingerprint density at radius 2 is 2.21 bits per heavy atom. The molecule has 0 radical (unpaired) electrons. The van der Waals surface area contributed by atoms with E-state index in [9.17, 15) is 4.39 Å². The molecule has 3 nitrogen and oxygen atoms in total. The first-order valence-electron chi connectivity index (χ1n) is 6.61. The number of hydrogen-bond donors (Lipinski definition) is 1. The third-order valence-electron chi connectivity index (χ3n) is 3.19. The summed E-state index contributed by atoms with van der Waals surface area (Å²) >= 11 is 0. The van der Waals surface area contributed by atoms with Crippen molar-refractivity contribution in [3.05, 3.63) is 53.1 Å². The predicted molar refractivity (Wildman–Crippen MR) is 74.6 cm³/mol. The van der Waals surface area contributed by atoms with E-state index in [1.165, 1.54) is 0 Å². The van der Waals surface area contributed by atoms with E-state index in [2.05, 4.69) is 17.3 Å². The highest BCUT2D eigenvalue weighted by Crippen LogP contribution is 2.24. The topological polar surface area (TPSA) is 29.9 Å².